The van der Waals surface area contributed by atoms with Crippen LogP contribution >= 0.6 is 31.9 Å². The lowest BCUT2D eigenvalue weighted by atomic mass is 10.1. The fourth-order valence-corrected chi connectivity index (χ4v) is 3.09. The maximum absolute atomic E-state index is 12.3. The first-order valence-corrected chi connectivity index (χ1v) is 8.85. The van der Waals surface area contributed by atoms with Crippen molar-refractivity contribution in [2.24, 2.45) is 0 Å². The van der Waals surface area contributed by atoms with Crippen LogP contribution in [0.25, 0.3) is 10.9 Å². The highest BCUT2D eigenvalue weighted by Crippen LogP contribution is 2.19. The molecule has 1 aromatic heterocycles. The first-order chi connectivity index (χ1) is 12.0. The molecule has 3 aromatic rings. The first-order valence-electron chi connectivity index (χ1n) is 7.26. The van der Waals surface area contributed by atoms with Gasteiger partial charge < -0.3 is 9.88 Å². The summed E-state index contributed by atoms with van der Waals surface area (Å²) in [5.74, 6) is -0.251. The van der Waals surface area contributed by atoms with Gasteiger partial charge in [-0.3, -0.25) is 9.59 Å². The van der Waals surface area contributed by atoms with Crippen LogP contribution in [0.2, 0.25) is 0 Å². The predicted octanol–water partition coefficient (Wildman–Crippen LogP) is 4.04. The molecule has 124 valence electrons. The number of nitriles is 1. The number of carbonyl (C=O) groups is 1. The van der Waals surface area contributed by atoms with E-state index < -0.39 is 0 Å². The zero-order valence-electron chi connectivity index (χ0n) is 12.8. The zero-order valence-corrected chi connectivity index (χ0v) is 16.0. The van der Waals surface area contributed by atoms with E-state index in [-0.39, 0.29) is 23.4 Å². The van der Waals surface area contributed by atoms with Crippen LogP contribution in [0.3, 0.4) is 0 Å². The second-order valence-corrected chi connectivity index (χ2v) is 7.16. The number of aromatic nitrogens is 1. The minimum Gasteiger partial charge on any atom is -0.336 e. The van der Waals surface area contributed by atoms with Gasteiger partial charge in [-0.05, 0) is 42.5 Å². The van der Waals surface area contributed by atoms with Crippen LogP contribution in [0.1, 0.15) is 5.56 Å². The second kappa shape index (κ2) is 7.21. The summed E-state index contributed by atoms with van der Waals surface area (Å²) in [4.78, 5) is 24.7. The molecule has 0 atom stereocenters. The highest BCUT2D eigenvalue weighted by Gasteiger charge is 2.12. The molecule has 0 aliphatic heterocycles. The Morgan fingerprint density at radius 2 is 1.80 bits per heavy atom. The second-order valence-electron chi connectivity index (χ2n) is 5.33. The molecule has 0 fully saturated rings. The Kier molecular flexibility index (Phi) is 5.02. The number of fused-ring (bicyclic) bond motifs is 1. The monoisotopic (exact) mass is 459 g/mol. The minimum atomic E-state index is -0.344. The standard InChI is InChI=1S/C18H11Br2N3O2/c19-12-1-4-14(5-2-12)22-17(24)10-23-9-11(8-21)18(25)15-7-13(20)3-6-16(15)23/h1-7,9H,10H2,(H,22,24). The Balaban J connectivity index is 1.96. The van der Waals surface area contributed by atoms with Crippen molar-refractivity contribution in [3.8, 4) is 6.07 Å². The molecule has 7 heteroatoms. The molecular formula is C18H11Br2N3O2. The van der Waals surface area contributed by atoms with Crippen molar-refractivity contribution in [2.45, 2.75) is 6.54 Å². The molecule has 0 bridgehead atoms. The molecule has 1 amide bonds. The van der Waals surface area contributed by atoms with Crippen molar-refractivity contribution in [1.29, 1.82) is 5.26 Å². The van der Waals surface area contributed by atoms with Gasteiger partial charge in [-0.25, -0.2) is 0 Å². The molecule has 0 unspecified atom stereocenters. The number of amides is 1. The minimum absolute atomic E-state index is 0.00189. The summed E-state index contributed by atoms with van der Waals surface area (Å²) in [6, 6.07) is 14.3. The van der Waals surface area contributed by atoms with Gasteiger partial charge >= 0.3 is 0 Å². The maximum Gasteiger partial charge on any atom is 0.244 e. The number of pyridine rings is 1. The van der Waals surface area contributed by atoms with Gasteiger partial charge in [0.15, 0.2) is 0 Å². The average Bonchev–Trinajstić information content (AvgIpc) is 2.59. The van der Waals surface area contributed by atoms with Crippen molar-refractivity contribution in [3.63, 3.8) is 0 Å². The van der Waals surface area contributed by atoms with Gasteiger partial charge in [-0.15, -0.1) is 0 Å². The summed E-state index contributed by atoms with van der Waals surface area (Å²) in [5.41, 5.74) is 0.922. The Morgan fingerprint density at radius 3 is 2.48 bits per heavy atom. The van der Waals surface area contributed by atoms with E-state index >= 15 is 0 Å². The summed E-state index contributed by atoms with van der Waals surface area (Å²) >= 11 is 6.66. The highest BCUT2D eigenvalue weighted by atomic mass is 79.9. The number of hydrogen-bond donors (Lipinski definition) is 1. The van der Waals surface area contributed by atoms with Crippen LogP contribution in [0.4, 0.5) is 5.69 Å². The zero-order chi connectivity index (χ0) is 18.0. The number of halogens is 2. The largest absolute Gasteiger partial charge is 0.336 e. The van der Waals surface area contributed by atoms with Gasteiger partial charge in [0.2, 0.25) is 11.3 Å². The Hall–Kier alpha value is -2.43. The van der Waals surface area contributed by atoms with Crippen molar-refractivity contribution in [3.05, 3.63) is 73.4 Å². The number of hydrogen-bond acceptors (Lipinski definition) is 3. The van der Waals surface area contributed by atoms with Crippen LogP contribution in [-0.4, -0.2) is 10.5 Å². The Labute approximate surface area is 160 Å². The lowest BCUT2D eigenvalue weighted by molar-refractivity contribution is -0.116. The van der Waals surface area contributed by atoms with Crippen LogP contribution in [0.15, 0.2) is 62.4 Å². The van der Waals surface area contributed by atoms with Crippen molar-refractivity contribution >= 4 is 54.4 Å². The van der Waals surface area contributed by atoms with Gasteiger partial charge in [0.25, 0.3) is 0 Å². The molecule has 5 nitrogen and oxygen atoms in total. The topological polar surface area (TPSA) is 74.9 Å². The number of benzene rings is 2. The molecule has 0 saturated carbocycles. The molecule has 3 rings (SSSR count). The van der Waals surface area contributed by atoms with Gasteiger partial charge in [-0.2, -0.15) is 5.26 Å². The lowest BCUT2D eigenvalue weighted by Gasteiger charge is -2.12. The molecule has 0 aliphatic rings. The SMILES string of the molecule is N#Cc1cn(CC(=O)Nc2ccc(Br)cc2)c2ccc(Br)cc2c1=O. The predicted molar refractivity (Wildman–Crippen MR) is 103 cm³/mol. The number of carbonyl (C=O) groups excluding carboxylic acids is 1. The van der Waals surface area contributed by atoms with E-state index in [4.69, 9.17) is 0 Å². The number of anilines is 1. The smallest absolute Gasteiger partial charge is 0.244 e. The number of rotatable bonds is 3. The number of nitrogens with one attached hydrogen (secondary N) is 1. The summed E-state index contributed by atoms with van der Waals surface area (Å²) in [5, 5.41) is 12.4. The molecule has 0 spiro atoms. The van der Waals surface area contributed by atoms with Crippen molar-refractivity contribution in [1.82, 2.24) is 4.57 Å². The summed E-state index contributed by atoms with van der Waals surface area (Å²) < 4.78 is 3.26. The average molecular weight is 461 g/mol. The Bertz CT molecular complexity index is 1070. The third kappa shape index (κ3) is 3.81. The van der Waals surface area contributed by atoms with E-state index in [1.807, 2.05) is 18.2 Å². The highest BCUT2D eigenvalue weighted by molar-refractivity contribution is 9.10. The maximum atomic E-state index is 12.3. The van der Waals surface area contributed by atoms with E-state index in [9.17, 15) is 14.9 Å². The van der Waals surface area contributed by atoms with E-state index in [1.165, 1.54) is 6.20 Å². The van der Waals surface area contributed by atoms with Gasteiger partial charge in [-0.1, -0.05) is 31.9 Å². The van der Waals surface area contributed by atoms with E-state index in [2.05, 4.69) is 37.2 Å². The normalized spacial score (nSPS) is 10.4. The molecular weight excluding hydrogens is 450 g/mol. The molecule has 25 heavy (non-hydrogen) atoms. The summed E-state index contributed by atoms with van der Waals surface area (Å²) in [6.45, 7) is -0.0108. The summed E-state index contributed by atoms with van der Waals surface area (Å²) in [6.07, 6.45) is 1.42. The molecule has 0 radical (unpaired) electrons. The van der Waals surface area contributed by atoms with Crippen molar-refractivity contribution in [2.75, 3.05) is 5.32 Å². The van der Waals surface area contributed by atoms with Crippen LogP contribution in [0, 0.1) is 11.3 Å². The van der Waals surface area contributed by atoms with E-state index in [0.29, 0.717) is 16.6 Å². The molecule has 2 aromatic carbocycles. The van der Waals surface area contributed by atoms with Gasteiger partial charge in [0.1, 0.15) is 18.2 Å². The van der Waals surface area contributed by atoms with Crippen LogP contribution in [0.5, 0.6) is 0 Å². The van der Waals surface area contributed by atoms with Crippen molar-refractivity contribution < 1.29 is 4.79 Å². The number of nitrogens with zero attached hydrogens (tertiary/aromatic N) is 2. The lowest BCUT2D eigenvalue weighted by Crippen LogP contribution is -2.21. The quantitative estimate of drug-likeness (QED) is 0.640. The summed E-state index contributed by atoms with van der Waals surface area (Å²) in [7, 11) is 0. The molecule has 0 aliphatic carbocycles. The van der Waals surface area contributed by atoms with E-state index in [0.717, 1.165) is 8.95 Å². The fourth-order valence-electron chi connectivity index (χ4n) is 2.47. The van der Waals surface area contributed by atoms with E-state index in [1.54, 1.807) is 34.9 Å². The third-order valence-electron chi connectivity index (χ3n) is 3.60. The Morgan fingerprint density at radius 1 is 1.12 bits per heavy atom. The molecule has 1 heterocycles. The first kappa shape index (κ1) is 17.4. The molecule has 1 N–H and O–H groups in total. The van der Waals surface area contributed by atoms with Gasteiger partial charge in [0.05, 0.1) is 5.52 Å². The molecule has 0 saturated heterocycles. The van der Waals surface area contributed by atoms with Gasteiger partial charge in [0, 0.05) is 26.2 Å². The van der Waals surface area contributed by atoms with Crippen LogP contribution < -0.4 is 10.7 Å². The fraction of sp³-hybridized carbons (Fsp3) is 0.0556. The third-order valence-corrected chi connectivity index (χ3v) is 4.63. The van der Waals surface area contributed by atoms with Crippen LogP contribution in [-0.2, 0) is 11.3 Å².